The Bertz CT molecular complexity index is 395. The Morgan fingerprint density at radius 2 is 2.20 bits per heavy atom. The Morgan fingerprint density at radius 3 is 2.80 bits per heavy atom. The number of ether oxygens (including phenoxy) is 1. The van der Waals surface area contributed by atoms with Crippen LogP contribution in [0.2, 0.25) is 0 Å². The summed E-state index contributed by atoms with van der Waals surface area (Å²) >= 11 is 0. The van der Waals surface area contributed by atoms with E-state index in [1.165, 1.54) is 12.8 Å². The van der Waals surface area contributed by atoms with Gasteiger partial charge in [-0.3, -0.25) is 4.99 Å². The Balaban J connectivity index is 2.31. The fourth-order valence-electron chi connectivity index (χ4n) is 1.48. The van der Waals surface area contributed by atoms with Gasteiger partial charge in [0.2, 0.25) is 0 Å². The SMILES string of the molecule is COc1cc(C)cc(C=NC2CC2)c1N. The van der Waals surface area contributed by atoms with Crippen molar-refractivity contribution in [3.8, 4) is 5.75 Å². The Labute approximate surface area is 90.0 Å². The molecule has 15 heavy (non-hydrogen) atoms. The van der Waals surface area contributed by atoms with Crippen LogP contribution in [0.15, 0.2) is 17.1 Å². The van der Waals surface area contributed by atoms with Gasteiger partial charge in [-0.25, -0.2) is 0 Å². The third-order valence-electron chi connectivity index (χ3n) is 2.51. The van der Waals surface area contributed by atoms with Crippen LogP contribution < -0.4 is 10.5 Å². The number of hydrogen-bond donors (Lipinski definition) is 1. The summed E-state index contributed by atoms with van der Waals surface area (Å²) in [7, 11) is 1.63. The average molecular weight is 204 g/mol. The molecule has 0 aliphatic heterocycles. The van der Waals surface area contributed by atoms with Crippen LogP contribution in [0.1, 0.15) is 24.0 Å². The molecule has 1 aromatic carbocycles. The molecule has 0 spiro atoms. The maximum absolute atomic E-state index is 5.95. The summed E-state index contributed by atoms with van der Waals surface area (Å²) in [5.74, 6) is 0.729. The van der Waals surface area contributed by atoms with Crippen molar-refractivity contribution >= 4 is 11.9 Å². The smallest absolute Gasteiger partial charge is 0.142 e. The quantitative estimate of drug-likeness (QED) is 0.606. The highest BCUT2D eigenvalue weighted by atomic mass is 16.5. The van der Waals surface area contributed by atoms with E-state index in [-0.39, 0.29) is 0 Å². The van der Waals surface area contributed by atoms with Crippen LogP contribution in [0.4, 0.5) is 5.69 Å². The lowest BCUT2D eigenvalue weighted by Gasteiger charge is -2.08. The lowest BCUT2D eigenvalue weighted by Crippen LogP contribution is -1.99. The van der Waals surface area contributed by atoms with Crippen LogP contribution in [0.5, 0.6) is 5.75 Å². The molecule has 0 unspecified atom stereocenters. The molecule has 0 amide bonds. The highest BCUT2D eigenvalue weighted by Gasteiger charge is 2.19. The number of methoxy groups -OCH3 is 1. The lowest BCUT2D eigenvalue weighted by molar-refractivity contribution is 0.416. The topological polar surface area (TPSA) is 47.6 Å². The van der Waals surface area contributed by atoms with Crippen LogP contribution in [0.25, 0.3) is 0 Å². The maximum Gasteiger partial charge on any atom is 0.142 e. The van der Waals surface area contributed by atoms with Gasteiger partial charge >= 0.3 is 0 Å². The lowest BCUT2D eigenvalue weighted by atomic mass is 10.1. The first kappa shape index (κ1) is 10.0. The largest absolute Gasteiger partial charge is 0.495 e. The minimum atomic E-state index is 0.524. The van der Waals surface area contributed by atoms with Crippen molar-refractivity contribution in [2.24, 2.45) is 4.99 Å². The number of aliphatic imine (C=N–C) groups is 1. The second-order valence-electron chi connectivity index (χ2n) is 3.98. The van der Waals surface area contributed by atoms with Gasteiger partial charge in [-0.15, -0.1) is 0 Å². The van der Waals surface area contributed by atoms with Gasteiger partial charge in [0.25, 0.3) is 0 Å². The van der Waals surface area contributed by atoms with Crippen LogP contribution >= 0.6 is 0 Å². The molecule has 0 atom stereocenters. The fraction of sp³-hybridized carbons (Fsp3) is 0.417. The minimum Gasteiger partial charge on any atom is -0.495 e. The van der Waals surface area contributed by atoms with Gasteiger partial charge in [0.1, 0.15) is 5.75 Å². The van der Waals surface area contributed by atoms with Crippen molar-refractivity contribution in [3.05, 3.63) is 23.3 Å². The zero-order chi connectivity index (χ0) is 10.8. The van der Waals surface area contributed by atoms with Crippen LogP contribution in [0.3, 0.4) is 0 Å². The first-order valence-corrected chi connectivity index (χ1v) is 5.18. The number of hydrogen-bond acceptors (Lipinski definition) is 3. The van der Waals surface area contributed by atoms with Crippen LogP contribution in [-0.4, -0.2) is 19.4 Å². The van der Waals surface area contributed by atoms with Crippen molar-refractivity contribution in [2.75, 3.05) is 12.8 Å². The van der Waals surface area contributed by atoms with Crippen LogP contribution in [-0.2, 0) is 0 Å². The number of nitrogens with zero attached hydrogens (tertiary/aromatic N) is 1. The molecule has 0 aromatic heterocycles. The number of rotatable bonds is 3. The highest BCUT2D eigenvalue weighted by Crippen LogP contribution is 2.27. The van der Waals surface area contributed by atoms with Crippen molar-refractivity contribution in [3.63, 3.8) is 0 Å². The standard InChI is InChI=1S/C12H16N2O/c1-8-5-9(7-14-10-3-4-10)12(13)11(6-8)15-2/h5-7,10H,3-4,13H2,1-2H3. The van der Waals surface area contributed by atoms with Gasteiger partial charge in [0.05, 0.1) is 18.8 Å². The van der Waals surface area contributed by atoms with Crippen molar-refractivity contribution in [1.82, 2.24) is 0 Å². The zero-order valence-corrected chi connectivity index (χ0v) is 9.16. The summed E-state index contributed by atoms with van der Waals surface area (Å²) in [5, 5.41) is 0. The predicted octanol–water partition coefficient (Wildman–Crippen LogP) is 2.17. The summed E-state index contributed by atoms with van der Waals surface area (Å²) in [4.78, 5) is 4.42. The van der Waals surface area contributed by atoms with Gasteiger partial charge in [-0.1, -0.05) is 0 Å². The number of nitrogen functional groups attached to an aromatic ring is 1. The summed E-state index contributed by atoms with van der Waals surface area (Å²) in [5.41, 5.74) is 8.72. The molecule has 0 heterocycles. The van der Waals surface area contributed by atoms with E-state index in [1.54, 1.807) is 7.11 Å². The summed E-state index contributed by atoms with van der Waals surface area (Å²) < 4.78 is 5.20. The molecular formula is C12H16N2O. The van der Waals surface area contributed by atoms with E-state index < -0.39 is 0 Å². The van der Waals surface area contributed by atoms with Crippen molar-refractivity contribution in [2.45, 2.75) is 25.8 Å². The average Bonchev–Trinajstić information content (AvgIpc) is 3.02. The fourth-order valence-corrected chi connectivity index (χ4v) is 1.48. The van der Waals surface area contributed by atoms with Gasteiger partial charge in [0, 0.05) is 11.8 Å². The summed E-state index contributed by atoms with van der Waals surface area (Å²) in [6.07, 6.45) is 4.28. The molecule has 0 bridgehead atoms. The Hall–Kier alpha value is -1.51. The number of nitrogens with two attached hydrogens (primary N) is 1. The second kappa shape index (κ2) is 3.93. The molecule has 0 saturated heterocycles. The van der Waals surface area contributed by atoms with E-state index in [0.29, 0.717) is 11.7 Å². The number of anilines is 1. The second-order valence-corrected chi connectivity index (χ2v) is 3.98. The van der Waals surface area contributed by atoms with Crippen molar-refractivity contribution < 1.29 is 4.74 Å². The van der Waals surface area contributed by atoms with E-state index in [0.717, 1.165) is 16.9 Å². The van der Waals surface area contributed by atoms with E-state index in [9.17, 15) is 0 Å². The van der Waals surface area contributed by atoms with E-state index in [1.807, 2.05) is 25.3 Å². The molecule has 1 aromatic rings. The third kappa shape index (κ3) is 2.29. The van der Waals surface area contributed by atoms with Gasteiger partial charge in [-0.05, 0) is 37.5 Å². The van der Waals surface area contributed by atoms with Crippen molar-refractivity contribution in [1.29, 1.82) is 0 Å². The normalized spacial score (nSPS) is 15.9. The minimum absolute atomic E-state index is 0.524. The van der Waals surface area contributed by atoms with Gasteiger partial charge < -0.3 is 10.5 Å². The molecule has 2 rings (SSSR count). The molecule has 1 aliphatic carbocycles. The number of benzene rings is 1. The molecule has 3 nitrogen and oxygen atoms in total. The first-order valence-electron chi connectivity index (χ1n) is 5.18. The van der Waals surface area contributed by atoms with Gasteiger partial charge in [0.15, 0.2) is 0 Å². The molecule has 1 saturated carbocycles. The summed E-state index contributed by atoms with van der Waals surface area (Å²) in [6.45, 7) is 2.02. The molecule has 2 N–H and O–H groups in total. The number of aryl methyl sites for hydroxylation is 1. The molecule has 0 radical (unpaired) electrons. The molecule has 80 valence electrons. The highest BCUT2D eigenvalue weighted by molar-refractivity contribution is 5.89. The monoisotopic (exact) mass is 204 g/mol. The van der Waals surface area contributed by atoms with E-state index in [4.69, 9.17) is 10.5 Å². The Kier molecular flexibility index (Phi) is 2.62. The molecule has 1 fully saturated rings. The predicted molar refractivity (Wildman–Crippen MR) is 62.8 cm³/mol. The first-order chi connectivity index (χ1) is 7.20. The van der Waals surface area contributed by atoms with E-state index >= 15 is 0 Å². The maximum atomic E-state index is 5.95. The van der Waals surface area contributed by atoms with E-state index in [2.05, 4.69) is 4.99 Å². The van der Waals surface area contributed by atoms with Gasteiger partial charge in [-0.2, -0.15) is 0 Å². The Morgan fingerprint density at radius 1 is 1.47 bits per heavy atom. The summed E-state index contributed by atoms with van der Waals surface area (Å²) in [6, 6.07) is 4.49. The molecule has 1 aliphatic rings. The third-order valence-corrected chi connectivity index (χ3v) is 2.51. The van der Waals surface area contributed by atoms with Crippen LogP contribution in [0, 0.1) is 6.92 Å². The molecular weight excluding hydrogens is 188 g/mol. The zero-order valence-electron chi connectivity index (χ0n) is 9.16. The molecule has 3 heteroatoms.